The second-order valence-corrected chi connectivity index (χ2v) is 8.76. The summed E-state index contributed by atoms with van der Waals surface area (Å²) in [7, 11) is 2.14. The summed E-state index contributed by atoms with van der Waals surface area (Å²) in [5.74, 6) is -0.113. The van der Waals surface area contributed by atoms with Gasteiger partial charge in [0.1, 0.15) is 0 Å². The topological polar surface area (TPSA) is 48.5 Å². The molecule has 3 heterocycles. The fraction of sp³-hybridized carbons (Fsp3) is 0.200. The van der Waals surface area contributed by atoms with Crippen molar-refractivity contribution in [3.8, 4) is 10.6 Å². The Hall–Kier alpha value is -3.22. The van der Waals surface area contributed by atoms with E-state index in [1.165, 1.54) is 0 Å². The molecule has 1 N–H and O–H groups in total. The number of rotatable bonds is 4. The van der Waals surface area contributed by atoms with Crippen molar-refractivity contribution in [1.82, 2.24) is 9.88 Å². The van der Waals surface area contributed by atoms with Gasteiger partial charge in [0.05, 0.1) is 33.0 Å². The monoisotopic (exact) mass is 428 g/mol. The molecule has 0 atom stereocenters. The second-order valence-electron chi connectivity index (χ2n) is 7.81. The van der Waals surface area contributed by atoms with Crippen LogP contribution in [0.5, 0.6) is 0 Å². The Morgan fingerprint density at radius 2 is 1.74 bits per heavy atom. The maximum atomic E-state index is 13.5. The lowest BCUT2D eigenvalue weighted by Crippen LogP contribution is -2.44. The van der Waals surface area contributed by atoms with Gasteiger partial charge in [0.15, 0.2) is 0 Å². The number of hydrogen-bond donors (Lipinski definition) is 1. The van der Waals surface area contributed by atoms with E-state index in [0.717, 1.165) is 59.0 Å². The van der Waals surface area contributed by atoms with E-state index in [0.29, 0.717) is 5.56 Å². The average molecular weight is 429 g/mol. The third-order valence-corrected chi connectivity index (χ3v) is 6.62. The highest BCUT2D eigenvalue weighted by Crippen LogP contribution is 2.30. The van der Waals surface area contributed by atoms with Gasteiger partial charge in [-0.25, -0.2) is 4.98 Å². The van der Waals surface area contributed by atoms with E-state index in [1.54, 1.807) is 11.3 Å². The first-order valence-electron chi connectivity index (χ1n) is 10.5. The first-order valence-corrected chi connectivity index (χ1v) is 11.3. The minimum atomic E-state index is -0.113. The molecule has 0 unspecified atom stereocenters. The number of pyridine rings is 1. The van der Waals surface area contributed by atoms with Crippen LogP contribution in [0.4, 0.5) is 11.4 Å². The quantitative estimate of drug-likeness (QED) is 0.499. The van der Waals surface area contributed by atoms with Crippen molar-refractivity contribution in [1.29, 1.82) is 0 Å². The summed E-state index contributed by atoms with van der Waals surface area (Å²) in [6.07, 6.45) is 0. The van der Waals surface area contributed by atoms with E-state index in [4.69, 9.17) is 4.98 Å². The summed E-state index contributed by atoms with van der Waals surface area (Å²) < 4.78 is 0. The molecule has 4 aromatic rings. The number of piperazine rings is 1. The SMILES string of the molecule is CN1CCN(c2ccccc2NC(=O)c2cc(-c3cccs3)nc3ccccc23)CC1. The van der Waals surface area contributed by atoms with Gasteiger partial charge >= 0.3 is 0 Å². The Kier molecular flexibility index (Phi) is 5.40. The van der Waals surface area contributed by atoms with Crippen molar-refractivity contribution in [3.05, 3.63) is 77.7 Å². The smallest absolute Gasteiger partial charge is 0.256 e. The van der Waals surface area contributed by atoms with Crippen LogP contribution >= 0.6 is 11.3 Å². The molecule has 1 fully saturated rings. The number of benzene rings is 2. The van der Waals surface area contributed by atoms with E-state index in [2.05, 4.69) is 28.2 Å². The van der Waals surface area contributed by atoms with Gasteiger partial charge in [-0.1, -0.05) is 36.4 Å². The number of carbonyl (C=O) groups excluding carboxylic acids is 1. The summed E-state index contributed by atoms with van der Waals surface area (Å²) in [6, 6.07) is 21.8. The summed E-state index contributed by atoms with van der Waals surface area (Å²) in [5, 5.41) is 6.07. The van der Waals surface area contributed by atoms with E-state index < -0.39 is 0 Å². The fourth-order valence-electron chi connectivity index (χ4n) is 4.01. The van der Waals surface area contributed by atoms with Crippen molar-refractivity contribution >= 4 is 39.5 Å². The number of para-hydroxylation sites is 3. The third-order valence-electron chi connectivity index (χ3n) is 5.73. The van der Waals surface area contributed by atoms with Gasteiger partial charge in [0, 0.05) is 31.6 Å². The maximum Gasteiger partial charge on any atom is 0.256 e. The first kappa shape index (κ1) is 19.7. The van der Waals surface area contributed by atoms with E-state index >= 15 is 0 Å². The van der Waals surface area contributed by atoms with Gasteiger partial charge in [0.2, 0.25) is 0 Å². The van der Waals surface area contributed by atoms with Crippen LogP contribution in [-0.2, 0) is 0 Å². The van der Waals surface area contributed by atoms with Gasteiger partial charge in [0.25, 0.3) is 5.91 Å². The van der Waals surface area contributed by atoms with Crippen LogP contribution in [0.1, 0.15) is 10.4 Å². The molecule has 5 rings (SSSR count). The number of nitrogens with one attached hydrogen (secondary N) is 1. The Balaban J connectivity index is 1.50. The summed E-state index contributed by atoms with van der Waals surface area (Å²) in [4.78, 5) is 24.0. The number of hydrogen-bond acceptors (Lipinski definition) is 5. The molecule has 0 saturated carbocycles. The van der Waals surface area contributed by atoms with Crippen LogP contribution < -0.4 is 10.2 Å². The van der Waals surface area contributed by atoms with Crippen LogP contribution in [0, 0.1) is 0 Å². The van der Waals surface area contributed by atoms with Crippen molar-refractivity contribution in [3.63, 3.8) is 0 Å². The van der Waals surface area contributed by atoms with Crippen molar-refractivity contribution in [2.24, 2.45) is 0 Å². The maximum absolute atomic E-state index is 13.5. The highest BCUT2D eigenvalue weighted by atomic mass is 32.1. The lowest BCUT2D eigenvalue weighted by atomic mass is 10.1. The molecule has 1 aliphatic heterocycles. The van der Waals surface area contributed by atoms with Crippen LogP contribution in [-0.4, -0.2) is 49.0 Å². The highest BCUT2D eigenvalue weighted by molar-refractivity contribution is 7.13. The summed E-state index contributed by atoms with van der Waals surface area (Å²) in [5.41, 5.74) is 4.20. The molecule has 0 spiro atoms. The molecule has 2 aromatic carbocycles. The Morgan fingerprint density at radius 3 is 2.55 bits per heavy atom. The summed E-state index contributed by atoms with van der Waals surface area (Å²) >= 11 is 1.63. The van der Waals surface area contributed by atoms with Crippen LogP contribution in [0.3, 0.4) is 0 Å². The predicted octanol–water partition coefficient (Wildman–Crippen LogP) is 4.97. The zero-order chi connectivity index (χ0) is 21.2. The first-order chi connectivity index (χ1) is 15.2. The van der Waals surface area contributed by atoms with Gasteiger partial charge in [-0.3, -0.25) is 4.79 Å². The highest BCUT2D eigenvalue weighted by Gasteiger charge is 2.19. The third kappa shape index (κ3) is 4.04. The lowest BCUT2D eigenvalue weighted by molar-refractivity contribution is 0.102. The molecule has 6 heteroatoms. The van der Waals surface area contributed by atoms with E-state index in [1.807, 2.05) is 66.0 Å². The molecule has 2 aromatic heterocycles. The molecule has 1 aliphatic rings. The molecular formula is C25H24N4OS. The zero-order valence-electron chi connectivity index (χ0n) is 17.4. The largest absolute Gasteiger partial charge is 0.367 e. The number of carbonyl (C=O) groups is 1. The van der Waals surface area contributed by atoms with Gasteiger partial charge in [-0.05, 0) is 42.8 Å². The number of fused-ring (bicyclic) bond motifs is 1. The molecule has 1 amide bonds. The molecule has 5 nitrogen and oxygen atoms in total. The molecule has 0 bridgehead atoms. The number of anilines is 2. The second kappa shape index (κ2) is 8.49. The molecule has 156 valence electrons. The Morgan fingerprint density at radius 1 is 0.968 bits per heavy atom. The summed E-state index contributed by atoms with van der Waals surface area (Å²) in [6.45, 7) is 3.93. The number of likely N-dealkylation sites (N-methyl/N-ethyl adjacent to an activating group) is 1. The van der Waals surface area contributed by atoms with Crippen LogP contribution in [0.2, 0.25) is 0 Å². The predicted molar refractivity (Wildman–Crippen MR) is 129 cm³/mol. The minimum absolute atomic E-state index is 0.113. The van der Waals surface area contributed by atoms with Gasteiger partial charge in [-0.2, -0.15) is 0 Å². The molecular weight excluding hydrogens is 404 g/mol. The number of nitrogens with zero attached hydrogens (tertiary/aromatic N) is 3. The van der Waals surface area contributed by atoms with Gasteiger partial charge in [-0.15, -0.1) is 11.3 Å². The zero-order valence-corrected chi connectivity index (χ0v) is 18.2. The number of amides is 1. The molecule has 1 saturated heterocycles. The fourth-order valence-corrected chi connectivity index (χ4v) is 4.69. The van der Waals surface area contributed by atoms with Crippen molar-refractivity contribution in [2.75, 3.05) is 43.4 Å². The van der Waals surface area contributed by atoms with E-state index in [9.17, 15) is 4.79 Å². The average Bonchev–Trinajstić information content (AvgIpc) is 3.34. The number of aromatic nitrogens is 1. The normalized spacial score (nSPS) is 14.7. The van der Waals surface area contributed by atoms with Crippen LogP contribution in [0.15, 0.2) is 72.1 Å². The van der Waals surface area contributed by atoms with Gasteiger partial charge < -0.3 is 15.1 Å². The van der Waals surface area contributed by atoms with E-state index in [-0.39, 0.29) is 5.91 Å². The molecule has 31 heavy (non-hydrogen) atoms. The molecule has 0 aliphatic carbocycles. The van der Waals surface area contributed by atoms with Crippen LogP contribution in [0.25, 0.3) is 21.5 Å². The standard InChI is InChI=1S/C25H24N4OS/c1-28-12-14-29(15-13-28)23-10-5-4-9-21(23)27-25(30)19-17-22(24-11-6-16-31-24)26-20-8-3-2-7-18(19)20/h2-11,16-17H,12-15H2,1H3,(H,27,30). The molecule has 0 radical (unpaired) electrons. The minimum Gasteiger partial charge on any atom is -0.367 e. The Labute approximate surface area is 186 Å². The number of thiophene rings is 1. The Bertz CT molecular complexity index is 1210. The van der Waals surface area contributed by atoms with Crippen molar-refractivity contribution < 1.29 is 4.79 Å². The lowest BCUT2D eigenvalue weighted by Gasteiger charge is -2.35. The van der Waals surface area contributed by atoms with Crippen molar-refractivity contribution in [2.45, 2.75) is 0 Å².